The molecule has 5 heteroatoms. The van der Waals surface area contributed by atoms with Gasteiger partial charge in [0, 0.05) is 10.4 Å². The number of nitrogens with one attached hydrogen (secondary N) is 2. The molecule has 5 rings (SSSR count). The molecular weight excluding hydrogens is 356 g/mol. The molecule has 0 aliphatic heterocycles. The molecule has 2 N–H and O–H groups in total. The van der Waals surface area contributed by atoms with E-state index in [-0.39, 0.29) is 0 Å². The second-order valence-corrected chi connectivity index (χ2v) is 6.80. The van der Waals surface area contributed by atoms with E-state index in [0.717, 1.165) is 49.6 Å². The minimum atomic E-state index is 0.741. The molecule has 0 atom stereocenters. The lowest BCUT2D eigenvalue weighted by Crippen LogP contribution is -1.80. The highest BCUT2D eigenvalue weighted by Gasteiger charge is 2.11. The van der Waals surface area contributed by atoms with Crippen LogP contribution >= 0.6 is 11.6 Å². The molecule has 2 heterocycles. The number of imidazole rings is 1. The van der Waals surface area contributed by atoms with Crippen LogP contribution in [0.4, 0.5) is 0 Å². The van der Waals surface area contributed by atoms with Crippen molar-refractivity contribution in [1.29, 1.82) is 0 Å². The third-order valence-corrected chi connectivity index (χ3v) is 4.79. The molecule has 0 spiro atoms. The number of hydrogen-bond donors (Lipinski definition) is 2. The summed E-state index contributed by atoms with van der Waals surface area (Å²) < 4.78 is 0. The molecule has 0 aliphatic rings. The van der Waals surface area contributed by atoms with Crippen molar-refractivity contribution in [2.24, 2.45) is 0 Å². The Balaban J connectivity index is 1.50. The van der Waals surface area contributed by atoms with E-state index in [1.807, 2.05) is 54.6 Å². The second-order valence-electron chi connectivity index (χ2n) is 6.36. The number of benzene rings is 3. The molecule has 4 nitrogen and oxygen atoms in total. The summed E-state index contributed by atoms with van der Waals surface area (Å²) in [6, 6.07) is 22.0. The first kappa shape index (κ1) is 15.9. The minimum Gasteiger partial charge on any atom is -0.337 e. The van der Waals surface area contributed by atoms with E-state index >= 15 is 0 Å². The van der Waals surface area contributed by atoms with E-state index in [1.54, 1.807) is 0 Å². The zero-order chi connectivity index (χ0) is 18.2. The lowest BCUT2D eigenvalue weighted by atomic mass is 10.1. The molecule has 0 radical (unpaired) electrons. The Labute approximate surface area is 160 Å². The van der Waals surface area contributed by atoms with Gasteiger partial charge in [0.2, 0.25) is 0 Å². The molecule has 2 aromatic heterocycles. The Morgan fingerprint density at radius 1 is 0.815 bits per heavy atom. The molecule has 0 saturated heterocycles. The zero-order valence-electron chi connectivity index (χ0n) is 14.3. The lowest BCUT2D eigenvalue weighted by molar-refractivity contribution is 1.11. The summed E-state index contributed by atoms with van der Waals surface area (Å²) in [5.41, 5.74) is 5.95. The van der Waals surface area contributed by atoms with E-state index in [1.165, 1.54) is 0 Å². The fourth-order valence-electron chi connectivity index (χ4n) is 3.16. The number of hydrogen-bond acceptors (Lipinski definition) is 2. The van der Waals surface area contributed by atoms with Gasteiger partial charge in [0.25, 0.3) is 0 Å². The average Bonchev–Trinajstić information content (AvgIpc) is 3.31. The van der Waals surface area contributed by atoms with Crippen molar-refractivity contribution < 1.29 is 0 Å². The monoisotopic (exact) mass is 370 g/mol. The van der Waals surface area contributed by atoms with Gasteiger partial charge in [0.05, 0.1) is 16.6 Å². The van der Waals surface area contributed by atoms with Gasteiger partial charge in [0.1, 0.15) is 5.69 Å². The first-order valence-electron chi connectivity index (χ1n) is 8.63. The van der Waals surface area contributed by atoms with Gasteiger partial charge in [-0.15, -0.1) is 0 Å². The minimum absolute atomic E-state index is 0.741. The Bertz CT molecular complexity index is 1280. The maximum absolute atomic E-state index is 5.93. The molecule has 130 valence electrons. The lowest BCUT2D eigenvalue weighted by Gasteiger charge is -1.95. The molecular formula is C22H15ClN4. The summed E-state index contributed by atoms with van der Waals surface area (Å²) in [5.74, 6) is 0.789. The molecule has 0 aliphatic carbocycles. The van der Waals surface area contributed by atoms with Crippen molar-refractivity contribution in [3.05, 3.63) is 82.9 Å². The smallest absolute Gasteiger partial charge is 0.157 e. The maximum Gasteiger partial charge on any atom is 0.157 e. The maximum atomic E-state index is 5.93. The first-order valence-corrected chi connectivity index (χ1v) is 9.01. The number of aromatic amines is 2. The Morgan fingerprint density at radius 2 is 1.59 bits per heavy atom. The normalized spacial score (nSPS) is 11.7. The van der Waals surface area contributed by atoms with Crippen LogP contribution in [0.5, 0.6) is 0 Å². The molecule has 3 aromatic carbocycles. The zero-order valence-corrected chi connectivity index (χ0v) is 15.0. The van der Waals surface area contributed by atoms with Gasteiger partial charge in [-0.05, 0) is 41.5 Å². The molecule has 5 aromatic rings. The summed E-state index contributed by atoms with van der Waals surface area (Å²) in [6.07, 6.45) is 4.14. The Hall–Kier alpha value is -3.37. The van der Waals surface area contributed by atoms with Crippen LogP contribution in [0.25, 0.3) is 45.6 Å². The quantitative estimate of drug-likeness (QED) is 0.387. The topological polar surface area (TPSA) is 57.4 Å². The predicted molar refractivity (Wildman–Crippen MR) is 112 cm³/mol. The highest BCUT2D eigenvalue weighted by molar-refractivity contribution is 6.30. The number of fused-ring (bicyclic) bond motifs is 2. The fourth-order valence-corrected chi connectivity index (χ4v) is 3.28. The molecule has 0 saturated carbocycles. The fraction of sp³-hybridized carbons (Fsp3) is 0. The van der Waals surface area contributed by atoms with Crippen molar-refractivity contribution in [3.8, 4) is 11.5 Å². The van der Waals surface area contributed by atoms with Crippen molar-refractivity contribution in [3.63, 3.8) is 0 Å². The van der Waals surface area contributed by atoms with Crippen LogP contribution in [0.15, 0.2) is 66.7 Å². The van der Waals surface area contributed by atoms with E-state index in [9.17, 15) is 0 Å². The van der Waals surface area contributed by atoms with Crippen molar-refractivity contribution in [2.45, 2.75) is 0 Å². The van der Waals surface area contributed by atoms with Gasteiger partial charge in [-0.25, -0.2) is 4.98 Å². The van der Waals surface area contributed by atoms with Gasteiger partial charge in [-0.3, -0.25) is 5.10 Å². The van der Waals surface area contributed by atoms with Gasteiger partial charge in [-0.2, -0.15) is 5.10 Å². The highest BCUT2D eigenvalue weighted by Crippen LogP contribution is 2.26. The summed E-state index contributed by atoms with van der Waals surface area (Å²) in [4.78, 5) is 8.11. The van der Waals surface area contributed by atoms with Gasteiger partial charge < -0.3 is 4.98 Å². The van der Waals surface area contributed by atoms with Gasteiger partial charge >= 0.3 is 0 Å². The molecule has 0 unspecified atom stereocenters. The van der Waals surface area contributed by atoms with Crippen molar-refractivity contribution >= 4 is 45.7 Å². The van der Waals surface area contributed by atoms with Gasteiger partial charge in [0.15, 0.2) is 5.82 Å². The number of H-pyrrole nitrogens is 2. The number of rotatable bonds is 3. The SMILES string of the molecule is Clc1ccc(/C=C/c2ccc3nc(-c4[nH]nc5ccccc45)[nH]c3c2)cc1. The van der Waals surface area contributed by atoms with Crippen LogP contribution in [0.1, 0.15) is 11.1 Å². The molecule has 0 bridgehead atoms. The first-order chi connectivity index (χ1) is 13.3. The number of para-hydroxylation sites is 1. The summed E-state index contributed by atoms with van der Waals surface area (Å²) >= 11 is 5.93. The van der Waals surface area contributed by atoms with Crippen LogP contribution < -0.4 is 0 Å². The second kappa shape index (κ2) is 6.41. The standard InChI is InChI=1S/C22H15ClN4/c23-16-10-7-14(8-11-16)5-6-15-9-12-19-20(13-15)25-22(24-19)21-17-3-1-2-4-18(17)26-27-21/h1-13H,(H,24,25)(H,26,27)/b6-5+. The van der Waals surface area contributed by atoms with E-state index < -0.39 is 0 Å². The third kappa shape index (κ3) is 3.00. The van der Waals surface area contributed by atoms with E-state index in [2.05, 4.69) is 39.5 Å². The van der Waals surface area contributed by atoms with Crippen LogP contribution in [-0.4, -0.2) is 20.2 Å². The van der Waals surface area contributed by atoms with Crippen molar-refractivity contribution in [1.82, 2.24) is 20.2 Å². The summed E-state index contributed by atoms with van der Waals surface area (Å²) in [5, 5.41) is 9.23. The predicted octanol–water partition coefficient (Wildman–Crippen LogP) is 5.93. The highest BCUT2D eigenvalue weighted by atomic mass is 35.5. The Morgan fingerprint density at radius 3 is 2.48 bits per heavy atom. The summed E-state index contributed by atoms with van der Waals surface area (Å²) in [6.45, 7) is 0. The number of nitrogens with zero attached hydrogens (tertiary/aromatic N) is 2. The molecule has 0 amide bonds. The van der Waals surface area contributed by atoms with Crippen LogP contribution in [0.3, 0.4) is 0 Å². The van der Waals surface area contributed by atoms with Crippen LogP contribution in [-0.2, 0) is 0 Å². The number of aromatic nitrogens is 4. The largest absolute Gasteiger partial charge is 0.337 e. The molecule has 27 heavy (non-hydrogen) atoms. The third-order valence-electron chi connectivity index (χ3n) is 4.54. The number of halogens is 1. The van der Waals surface area contributed by atoms with Gasteiger partial charge in [-0.1, -0.05) is 60.2 Å². The van der Waals surface area contributed by atoms with E-state index in [4.69, 9.17) is 16.6 Å². The van der Waals surface area contributed by atoms with Crippen LogP contribution in [0.2, 0.25) is 5.02 Å². The van der Waals surface area contributed by atoms with Crippen LogP contribution in [0, 0.1) is 0 Å². The Kier molecular flexibility index (Phi) is 3.77. The molecule has 0 fully saturated rings. The van der Waals surface area contributed by atoms with Crippen molar-refractivity contribution in [2.75, 3.05) is 0 Å². The summed E-state index contributed by atoms with van der Waals surface area (Å²) in [7, 11) is 0. The average molecular weight is 371 g/mol. The van der Waals surface area contributed by atoms with E-state index in [0.29, 0.717) is 0 Å².